The zero-order valence-electron chi connectivity index (χ0n) is 34.0. The lowest BCUT2D eigenvalue weighted by Crippen LogP contribution is -2.30. The van der Waals surface area contributed by atoms with Crippen molar-refractivity contribution in [2.24, 2.45) is 29.6 Å². The van der Waals surface area contributed by atoms with Gasteiger partial charge in [0.05, 0.1) is 13.2 Å². The van der Waals surface area contributed by atoms with Gasteiger partial charge in [0.25, 0.3) is 0 Å². The molecule has 1 heterocycles. The third kappa shape index (κ3) is 6.04. The standard InChI is InChI=1S/C55H56O2/c1-4-35-7-9-38(10-8-35)45-31-56-50-27-23-41-19-21-43-29-48(41)54(50)55-49-30-44(22-20-42(49)24-28-51(55)57-32-45)37-13-17-40(18-14-37)47-26-6-34(3)52-33(2)5-25-46(53(47)52)39-15-11-36(43)12-16-39/h11-24,27-30,33-35,38,45-47H,4-10,25-26,31-32H2,1-3H3. The molecule has 2 nitrogen and oxygen atoms in total. The van der Waals surface area contributed by atoms with E-state index in [0.717, 1.165) is 28.5 Å². The summed E-state index contributed by atoms with van der Waals surface area (Å²) >= 11 is 0. The minimum absolute atomic E-state index is 0.354. The molecule has 0 amide bonds. The van der Waals surface area contributed by atoms with Gasteiger partial charge in [-0.3, -0.25) is 0 Å². The second-order valence-corrected chi connectivity index (χ2v) is 18.5. The Morgan fingerprint density at radius 2 is 0.912 bits per heavy atom. The summed E-state index contributed by atoms with van der Waals surface area (Å²) in [7, 11) is 0. The number of allylic oxidation sites excluding steroid dienone is 2. The fraction of sp³-hybridized carbons (Fsp3) is 0.382. The molecule has 0 N–H and O–H groups in total. The summed E-state index contributed by atoms with van der Waals surface area (Å²) in [5, 5.41) is 4.88. The largest absolute Gasteiger partial charge is 0.492 e. The predicted molar refractivity (Wildman–Crippen MR) is 237 cm³/mol. The van der Waals surface area contributed by atoms with Crippen LogP contribution in [0.15, 0.2) is 120 Å². The summed E-state index contributed by atoms with van der Waals surface area (Å²) in [5.41, 5.74) is 13.8. The summed E-state index contributed by atoms with van der Waals surface area (Å²) in [6.45, 7) is 8.70. The monoisotopic (exact) mass is 748 g/mol. The maximum Gasteiger partial charge on any atom is 0.127 e. The molecule has 13 rings (SSSR count). The molecule has 4 atom stereocenters. The van der Waals surface area contributed by atoms with Gasteiger partial charge in [0.15, 0.2) is 0 Å². The van der Waals surface area contributed by atoms with Crippen LogP contribution in [0.1, 0.15) is 102 Å². The lowest BCUT2D eigenvalue weighted by molar-refractivity contribution is 0.0991. The van der Waals surface area contributed by atoms with E-state index in [2.05, 4.69) is 130 Å². The van der Waals surface area contributed by atoms with E-state index < -0.39 is 0 Å². The van der Waals surface area contributed by atoms with E-state index in [1.165, 1.54) is 113 Å². The van der Waals surface area contributed by atoms with E-state index in [1.807, 2.05) is 0 Å². The molecule has 0 aromatic heterocycles. The average Bonchev–Trinajstić information content (AvgIpc) is 3.34. The first-order chi connectivity index (χ1) is 28.0. The molecular formula is C55H56O2. The lowest BCUT2D eigenvalue weighted by atomic mass is 9.61. The van der Waals surface area contributed by atoms with Crippen LogP contribution in [0.3, 0.4) is 0 Å². The molecule has 2 heteroatoms. The van der Waals surface area contributed by atoms with Crippen LogP contribution >= 0.6 is 0 Å². The van der Waals surface area contributed by atoms with E-state index in [0.29, 0.717) is 48.7 Å². The Kier molecular flexibility index (Phi) is 8.82. The molecule has 0 saturated heterocycles. The molecule has 0 radical (unpaired) electrons. The second-order valence-electron chi connectivity index (χ2n) is 18.5. The topological polar surface area (TPSA) is 18.5 Å². The van der Waals surface area contributed by atoms with Crippen LogP contribution in [0.25, 0.3) is 54.9 Å². The molecule has 6 aliphatic carbocycles. The zero-order valence-corrected chi connectivity index (χ0v) is 34.0. The van der Waals surface area contributed by atoms with Crippen LogP contribution in [0.2, 0.25) is 0 Å². The van der Waals surface area contributed by atoms with E-state index in [9.17, 15) is 0 Å². The fourth-order valence-electron chi connectivity index (χ4n) is 12.2. The van der Waals surface area contributed by atoms with Crippen molar-refractivity contribution < 1.29 is 9.47 Å². The predicted octanol–water partition coefficient (Wildman–Crippen LogP) is 14.9. The van der Waals surface area contributed by atoms with Gasteiger partial charge in [-0.2, -0.15) is 0 Å². The molecule has 1 fully saturated rings. The highest BCUT2D eigenvalue weighted by molar-refractivity contribution is 6.11. The summed E-state index contributed by atoms with van der Waals surface area (Å²) < 4.78 is 14.1. The van der Waals surface area contributed by atoms with Gasteiger partial charge < -0.3 is 9.47 Å². The highest BCUT2D eigenvalue weighted by Crippen LogP contribution is 2.55. The van der Waals surface area contributed by atoms with Gasteiger partial charge >= 0.3 is 0 Å². The SMILES string of the molecule is CCC1CCC(C2COc3ccc4ccc5cc4c3-c3c(ccc4ccc(cc34)-c3ccc(cc3)C3CCC(C)C4=C3C(CCC4C)c3ccc-5cc3)OC2)CC1. The van der Waals surface area contributed by atoms with Crippen molar-refractivity contribution in [3.8, 4) is 44.9 Å². The third-order valence-corrected chi connectivity index (χ3v) is 15.5. The summed E-state index contributed by atoms with van der Waals surface area (Å²) in [5.74, 6) is 6.03. The summed E-state index contributed by atoms with van der Waals surface area (Å²) in [6, 6.07) is 42.5. The Balaban J connectivity index is 1.13. The van der Waals surface area contributed by atoms with E-state index >= 15 is 0 Å². The average molecular weight is 749 g/mol. The molecule has 1 aliphatic heterocycles. The van der Waals surface area contributed by atoms with Crippen molar-refractivity contribution in [2.75, 3.05) is 13.2 Å². The number of hydrogen-bond acceptors (Lipinski definition) is 2. The molecule has 57 heavy (non-hydrogen) atoms. The second kappa shape index (κ2) is 14.2. The first kappa shape index (κ1) is 35.4. The van der Waals surface area contributed by atoms with Crippen molar-refractivity contribution >= 4 is 21.5 Å². The quantitative estimate of drug-likeness (QED) is 0.164. The Bertz CT molecular complexity index is 2350. The first-order valence-electron chi connectivity index (χ1n) is 22.3. The van der Waals surface area contributed by atoms with Gasteiger partial charge in [0, 0.05) is 28.9 Å². The van der Waals surface area contributed by atoms with E-state index in [4.69, 9.17) is 9.47 Å². The fourth-order valence-corrected chi connectivity index (χ4v) is 12.2. The van der Waals surface area contributed by atoms with Gasteiger partial charge in [-0.05, 0) is 141 Å². The van der Waals surface area contributed by atoms with Crippen LogP contribution in [-0.4, -0.2) is 13.2 Å². The smallest absolute Gasteiger partial charge is 0.127 e. The van der Waals surface area contributed by atoms with Gasteiger partial charge in [0.2, 0.25) is 0 Å². The van der Waals surface area contributed by atoms with Gasteiger partial charge in [-0.25, -0.2) is 0 Å². The number of hydrogen-bond donors (Lipinski definition) is 0. The maximum absolute atomic E-state index is 7.07. The Morgan fingerprint density at radius 3 is 1.39 bits per heavy atom. The number of ether oxygens (including phenoxy) is 2. The lowest BCUT2D eigenvalue weighted by Gasteiger charge is -2.43. The summed E-state index contributed by atoms with van der Waals surface area (Å²) in [6.07, 6.45) is 11.5. The zero-order chi connectivity index (χ0) is 38.2. The van der Waals surface area contributed by atoms with Crippen LogP contribution < -0.4 is 9.47 Å². The molecule has 6 aromatic rings. The number of fused-ring (bicyclic) bond motifs is 2. The minimum Gasteiger partial charge on any atom is -0.492 e. The van der Waals surface area contributed by atoms with Crippen LogP contribution in [0.5, 0.6) is 11.5 Å². The van der Waals surface area contributed by atoms with Crippen LogP contribution in [0, 0.1) is 29.6 Å². The van der Waals surface area contributed by atoms with Crippen molar-refractivity contribution in [3.05, 3.63) is 131 Å². The molecular weight excluding hydrogens is 693 g/mol. The molecule has 288 valence electrons. The van der Waals surface area contributed by atoms with Gasteiger partial charge in [-0.15, -0.1) is 0 Å². The van der Waals surface area contributed by atoms with Crippen molar-refractivity contribution in [3.63, 3.8) is 0 Å². The van der Waals surface area contributed by atoms with E-state index in [-0.39, 0.29) is 0 Å². The van der Waals surface area contributed by atoms with Crippen molar-refractivity contribution in [1.29, 1.82) is 0 Å². The summed E-state index contributed by atoms with van der Waals surface area (Å²) in [4.78, 5) is 0. The molecule has 7 aliphatic rings. The van der Waals surface area contributed by atoms with Crippen LogP contribution in [-0.2, 0) is 0 Å². The Labute approximate surface area is 339 Å². The first-order valence-corrected chi connectivity index (χ1v) is 22.3. The number of benzene rings is 6. The maximum atomic E-state index is 7.07. The normalized spacial score (nSPS) is 26.6. The molecule has 1 saturated carbocycles. The molecule has 6 aromatic carbocycles. The highest BCUT2D eigenvalue weighted by atomic mass is 16.5. The van der Waals surface area contributed by atoms with Gasteiger partial charge in [0.1, 0.15) is 11.5 Å². The Morgan fingerprint density at radius 1 is 0.456 bits per heavy atom. The van der Waals surface area contributed by atoms with Crippen molar-refractivity contribution in [2.45, 2.75) is 90.4 Å². The van der Waals surface area contributed by atoms with Crippen LogP contribution in [0.4, 0.5) is 0 Å². The molecule has 4 unspecified atom stereocenters. The molecule has 0 spiro atoms. The third-order valence-electron chi connectivity index (χ3n) is 15.5. The van der Waals surface area contributed by atoms with Crippen molar-refractivity contribution in [1.82, 2.24) is 0 Å². The highest BCUT2D eigenvalue weighted by Gasteiger charge is 2.39. The van der Waals surface area contributed by atoms with E-state index in [1.54, 1.807) is 11.1 Å². The Hall–Kier alpha value is -4.82. The number of rotatable bonds is 2. The van der Waals surface area contributed by atoms with Gasteiger partial charge in [-0.1, -0.05) is 136 Å². The minimum atomic E-state index is 0.354. The molecule has 8 bridgehead atoms.